The lowest BCUT2D eigenvalue weighted by Crippen LogP contribution is -2.41. The third-order valence-electron chi connectivity index (χ3n) is 2.51. The molecule has 0 aliphatic carbocycles. The summed E-state index contributed by atoms with van der Waals surface area (Å²) in [4.78, 5) is 26.0. The number of nitrogens with one attached hydrogen (secondary N) is 2. The van der Waals surface area contributed by atoms with Crippen LogP contribution in [-0.2, 0) is 11.2 Å². The molecule has 0 bridgehead atoms. The zero-order valence-corrected chi connectivity index (χ0v) is 11.7. The number of amides is 2. The Morgan fingerprint density at radius 1 is 1.53 bits per heavy atom. The number of nitrogens with zero attached hydrogens (tertiary/aromatic N) is 1. The second kappa shape index (κ2) is 8.47. The lowest BCUT2D eigenvalue weighted by Gasteiger charge is -2.13. The summed E-state index contributed by atoms with van der Waals surface area (Å²) in [5.74, 6) is -0.805. The predicted octanol–water partition coefficient (Wildman–Crippen LogP) is 1.63. The second-order valence-corrected chi connectivity index (χ2v) is 5.24. The number of aromatic nitrogens is 1. The van der Waals surface area contributed by atoms with Crippen LogP contribution in [0.5, 0.6) is 0 Å². The van der Waals surface area contributed by atoms with Crippen molar-refractivity contribution in [2.24, 2.45) is 0 Å². The molecule has 1 aromatic rings. The van der Waals surface area contributed by atoms with Crippen LogP contribution in [0.4, 0.5) is 4.79 Å². The zero-order valence-electron chi connectivity index (χ0n) is 10.9. The van der Waals surface area contributed by atoms with Crippen LogP contribution in [0, 0.1) is 0 Å². The quantitative estimate of drug-likeness (QED) is 0.677. The highest BCUT2D eigenvalue weighted by Gasteiger charge is 2.07. The number of thiazole rings is 1. The van der Waals surface area contributed by atoms with E-state index in [0.717, 1.165) is 11.4 Å². The summed E-state index contributed by atoms with van der Waals surface area (Å²) in [6, 6.07) is -0.251. The topological polar surface area (TPSA) is 91.3 Å². The Hall–Kier alpha value is -1.63. The van der Waals surface area contributed by atoms with E-state index in [9.17, 15) is 9.59 Å². The van der Waals surface area contributed by atoms with Crippen LogP contribution >= 0.6 is 11.3 Å². The van der Waals surface area contributed by atoms with Crippen molar-refractivity contribution in [1.29, 1.82) is 0 Å². The molecule has 1 heterocycles. The summed E-state index contributed by atoms with van der Waals surface area (Å²) >= 11 is 1.56. The summed E-state index contributed by atoms with van der Waals surface area (Å²) in [6.45, 7) is 2.41. The van der Waals surface area contributed by atoms with Gasteiger partial charge in [-0.05, 0) is 19.8 Å². The number of rotatable bonds is 8. The van der Waals surface area contributed by atoms with Gasteiger partial charge in [0.1, 0.15) is 0 Å². The minimum Gasteiger partial charge on any atom is -0.481 e. The minimum absolute atomic E-state index is 0.0285. The largest absolute Gasteiger partial charge is 0.481 e. The highest BCUT2D eigenvalue weighted by Crippen LogP contribution is 2.03. The molecular formula is C12H19N3O3S. The van der Waals surface area contributed by atoms with Gasteiger partial charge in [-0.1, -0.05) is 0 Å². The fraction of sp³-hybridized carbons (Fsp3) is 0.583. The van der Waals surface area contributed by atoms with Gasteiger partial charge >= 0.3 is 12.0 Å². The average molecular weight is 285 g/mol. The molecule has 0 spiro atoms. The van der Waals surface area contributed by atoms with E-state index in [2.05, 4.69) is 15.6 Å². The number of hydrogen-bond donors (Lipinski definition) is 3. The van der Waals surface area contributed by atoms with E-state index in [-0.39, 0.29) is 18.5 Å². The Morgan fingerprint density at radius 2 is 2.32 bits per heavy atom. The lowest BCUT2D eigenvalue weighted by molar-refractivity contribution is -0.137. The smallest absolute Gasteiger partial charge is 0.315 e. The molecule has 0 aromatic carbocycles. The van der Waals surface area contributed by atoms with Crippen LogP contribution in [0.25, 0.3) is 0 Å². The van der Waals surface area contributed by atoms with E-state index >= 15 is 0 Å². The van der Waals surface area contributed by atoms with Gasteiger partial charge in [0, 0.05) is 37.0 Å². The molecule has 1 atom stereocenters. The highest BCUT2D eigenvalue weighted by molar-refractivity contribution is 7.09. The standard InChI is InChI=1S/C12H19N3O3S/c1-9(3-2-4-11(16)17)15-12(18)14-6-5-10-13-7-8-19-10/h7-9H,2-6H2,1H3,(H,16,17)(H2,14,15,18). The van der Waals surface area contributed by atoms with E-state index < -0.39 is 5.97 Å². The molecule has 1 unspecified atom stereocenters. The Kier molecular flexibility index (Phi) is 6.88. The number of urea groups is 1. The van der Waals surface area contributed by atoms with Crippen LogP contribution in [0.15, 0.2) is 11.6 Å². The van der Waals surface area contributed by atoms with Crippen LogP contribution in [-0.4, -0.2) is 34.7 Å². The molecule has 0 radical (unpaired) electrons. The maximum absolute atomic E-state index is 11.5. The third kappa shape index (κ3) is 7.40. The van der Waals surface area contributed by atoms with Gasteiger partial charge in [-0.15, -0.1) is 11.3 Å². The van der Waals surface area contributed by atoms with Crippen molar-refractivity contribution in [3.63, 3.8) is 0 Å². The Morgan fingerprint density at radius 3 is 2.95 bits per heavy atom. The Labute approximate surface area is 116 Å². The first-order chi connectivity index (χ1) is 9.08. The molecule has 0 saturated heterocycles. The molecule has 3 N–H and O–H groups in total. The summed E-state index contributed by atoms with van der Waals surface area (Å²) in [7, 11) is 0. The third-order valence-corrected chi connectivity index (χ3v) is 3.35. The van der Waals surface area contributed by atoms with E-state index in [1.165, 1.54) is 0 Å². The minimum atomic E-state index is -0.805. The Bertz CT molecular complexity index is 395. The van der Waals surface area contributed by atoms with E-state index in [0.29, 0.717) is 19.4 Å². The van der Waals surface area contributed by atoms with Gasteiger partial charge in [0.2, 0.25) is 0 Å². The first kappa shape index (κ1) is 15.4. The second-order valence-electron chi connectivity index (χ2n) is 4.26. The van der Waals surface area contributed by atoms with Crippen LogP contribution in [0.2, 0.25) is 0 Å². The molecule has 7 heteroatoms. The highest BCUT2D eigenvalue weighted by atomic mass is 32.1. The molecule has 1 aromatic heterocycles. The van der Waals surface area contributed by atoms with Gasteiger partial charge in [-0.3, -0.25) is 4.79 Å². The van der Waals surface area contributed by atoms with Gasteiger partial charge in [0.05, 0.1) is 5.01 Å². The van der Waals surface area contributed by atoms with E-state index in [4.69, 9.17) is 5.11 Å². The summed E-state index contributed by atoms with van der Waals surface area (Å²) in [5, 5.41) is 16.9. The molecule has 0 saturated carbocycles. The van der Waals surface area contributed by atoms with Crippen LogP contribution in [0.1, 0.15) is 31.2 Å². The SMILES string of the molecule is CC(CCCC(=O)O)NC(=O)NCCc1nccs1. The zero-order chi connectivity index (χ0) is 14.1. The molecule has 0 aliphatic rings. The molecule has 19 heavy (non-hydrogen) atoms. The number of carboxylic acid groups (broad SMARTS) is 1. The summed E-state index contributed by atoms with van der Waals surface area (Å²) in [6.07, 6.45) is 3.82. The predicted molar refractivity (Wildman–Crippen MR) is 73.3 cm³/mol. The van der Waals surface area contributed by atoms with Gasteiger partial charge in [-0.25, -0.2) is 9.78 Å². The monoisotopic (exact) mass is 285 g/mol. The lowest BCUT2D eigenvalue weighted by atomic mass is 10.1. The van der Waals surface area contributed by atoms with Crippen molar-refractivity contribution in [3.8, 4) is 0 Å². The number of carbonyl (C=O) groups is 2. The van der Waals surface area contributed by atoms with Crippen molar-refractivity contribution >= 4 is 23.3 Å². The molecule has 2 amide bonds. The van der Waals surface area contributed by atoms with Gasteiger partial charge in [-0.2, -0.15) is 0 Å². The first-order valence-electron chi connectivity index (χ1n) is 6.22. The van der Waals surface area contributed by atoms with Crippen LogP contribution in [0.3, 0.4) is 0 Å². The number of hydrogen-bond acceptors (Lipinski definition) is 4. The fourth-order valence-corrected chi connectivity index (χ4v) is 2.19. The normalized spacial score (nSPS) is 11.8. The van der Waals surface area contributed by atoms with Gasteiger partial charge in [0.25, 0.3) is 0 Å². The van der Waals surface area contributed by atoms with Crippen molar-refractivity contribution in [2.75, 3.05) is 6.54 Å². The molecule has 106 valence electrons. The molecule has 6 nitrogen and oxygen atoms in total. The molecule has 1 rings (SSSR count). The first-order valence-corrected chi connectivity index (χ1v) is 7.10. The maximum Gasteiger partial charge on any atom is 0.315 e. The van der Waals surface area contributed by atoms with Crippen molar-refractivity contribution in [1.82, 2.24) is 15.6 Å². The molecular weight excluding hydrogens is 266 g/mol. The summed E-state index contributed by atoms with van der Waals surface area (Å²) in [5.41, 5.74) is 0. The molecule has 0 fully saturated rings. The van der Waals surface area contributed by atoms with Crippen molar-refractivity contribution in [3.05, 3.63) is 16.6 Å². The van der Waals surface area contributed by atoms with Crippen LogP contribution < -0.4 is 10.6 Å². The van der Waals surface area contributed by atoms with Gasteiger partial charge < -0.3 is 15.7 Å². The Balaban J connectivity index is 2.07. The molecule has 0 aliphatic heterocycles. The van der Waals surface area contributed by atoms with E-state index in [1.807, 2.05) is 12.3 Å². The number of carboxylic acids is 1. The van der Waals surface area contributed by atoms with E-state index in [1.54, 1.807) is 17.5 Å². The number of aliphatic carboxylic acids is 1. The average Bonchev–Trinajstić information content (AvgIpc) is 2.81. The van der Waals surface area contributed by atoms with Crippen molar-refractivity contribution < 1.29 is 14.7 Å². The fourth-order valence-electron chi connectivity index (χ4n) is 1.57. The maximum atomic E-state index is 11.5. The van der Waals surface area contributed by atoms with Gasteiger partial charge in [0.15, 0.2) is 0 Å². The van der Waals surface area contributed by atoms with Crippen molar-refractivity contribution in [2.45, 2.75) is 38.6 Å². The number of carbonyl (C=O) groups excluding carboxylic acids is 1. The summed E-state index contributed by atoms with van der Waals surface area (Å²) < 4.78 is 0.